The molecule has 1 aromatic carbocycles. The molecule has 21 heavy (non-hydrogen) atoms. The van der Waals surface area contributed by atoms with E-state index in [4.69, 9.17) is 16.3 Å². The quantitative estimate of drug-likeness (QED) is 0.689. The Balaban J connectivity index is 2.58. The van der Waals surface area contributed by atoms with Gasteiger partial charge in [-0.3, -0.25) is 4.79 Å². The van der Waals surface area contributed by atoms with Crippen LogP contribution in [-0.4, -0.2) is 25.1 Å². The third-order valence-electron chi connectivity index (χ3n) is 3.14. The van der Waals surface area contributed by atoms with Gasteiger partial charge in [-0.05, 0) is 44.5 Å². The van der Waals surface area contributed by atoms with Gasteiger partial charge in [-0.25, -0.2) is 0 Å². The largest absolute Gasteiger partial charge is 0.483 e. The van der Waals surface area contributed by atoms with Gasteiger partial charge in [0.2, 0.25) is 0 Å². The molecule has 0 aliphatic heterocycles. The summed E-state index contributed by atoms with van der Waals surface area (Å²) in [6.07, 6.45) is 1.97. The molecule has 118 valence electrons. The second kappa shape index (κ2) is 9.64. The van der Waals surface area contributed by atoms with Gasteiger partial charge >= 0.3 is 0 Å². The monoisotopic (exact) mass is 312 g/mol. The molecule has 1 atom stereocenters. The zero-order valence-corrected chi connectivity index (χ0v) is 13.8. The number of hydrogen-bond acceptors (Lipinski definition) is 3. The van der Waals surface area contributed by atoms with Crippen molar-refractivity contribution in [2.45, 2.75) is 46.2 Å². The molecular weight excluding hydrogens is 288 g/mol. The lowest BCUT2D eigenvalue weighted by atomic mass is 10.2. The average Bonchev–Trinajstić information content (AvgIpc) is 2.46. The van der Waals surface area contributed by atoms with Crippen molar-refractivity contribution in [1.29, 1.82) is 0 Å². The molecule has 0 saturated heterocycles. The first-order chi connectivity index (χ1) is 10.1. The molecule has 0 bridgehead atoms. The smallest absolute Gasteiger partial charge is 0.258 e. The predicted molar refractivity (Wildman–Crippen MR) is 86.8 cm³/mol. The van der Waals surface area contributed by atoms with E-state index in [9.17, 15) is 4.79 Å². The number of carbonyl (C=O) groups excluding carboxylic acids is 1. The fraction of sp³-hybridized carbons (Fsp3) is 0.562. The molecule has 5 heteroatoms. The molecule has 0 saturated carbocycles. The number of ether oxygens (including phenoxy) is 1. The second-order valence-electron chi connectivity index (χ2n) is 5.09. The van der Waals surface area contributed by atoms with Gasteiger partial charge < -0.3 is 15.4 Å². The van der Waals surface area contributed by atoms with E-state index in [2.05, 4.69) is 17.6 Å². The van der Waals surface area contributed by atoms with Crippen LogP contribution in [0.5, 0.6) is 5.75 Å². The van der Waals surface area contributed by atoms with E-state index in [1.165, 1.54) is 0 Å². The fourth-order valence-electron chi connectivity index (χ4n) is 1.79. The Labute approximate surface area is 132 Å². The van der Waals surface area contributed by atoms with Gasteiger partial charge in [0.25, 0.3) is 5.91 Å². The van der Waals surface area contributed by atoms with Gasteiger partial charge in [-0.15, -0.1) is 0 Å². The molecule has 0 fully saturated rings. The fourth-order valence-corrected chi connectivity index (χ4v) is 1.98. The molecule has 1 unspecified atom stereocenters. The van der Waals surface area contributed by atoms with E-state index in [1.807, 2.05) is 26.0 Å². The van der Waals surface area contributed by atoms with Crippen molar-refractivity contribution in [3.8, 4) is 5.75 Å². The normalized spacial score (nSPS) is 12.0. The highest BCUT2D eigenvalue weighted by atomic mass is 35.5. The predicted octanol–water partition coefficient (Wildman–Crippen LogP) is 3.13. The van der Waals surface area contributed by atoms with E-state index in [1.54, 1.807) is 6.07 Å². The van der Waals surface area contributed by atoms with Crippen molar-refractivity contribution in [2.75, 3.05) is 13.2 Å². The van der Waals surface area contributed by atoms with Crippen molar-refractivity contribution in [2.24, 2.45) is 0 Å². The minimum absolute atomic E-state index is 0.0206. The first kappa shape index (κ1) is 17.8. The van der Waals surface area contributed by atoms with Crippen molar-refractivity contribution >= 4 is 17.5 Å². The molecular formula is C16H25ClN2O2. The van der Waals surface area contributed by atoms with Crippen LogP contribution in [0.25, 0.3) is 0 Å². The molecule has 0 heterocycles. The molecule has 1 aromatic rings. The van der Waals surface area contributed by atoms with Gasteiger partial charge in [-0.2, -0.15) is 0 Å². The molecule has 0 aromatic heterocycles. The average molecular weight is 313 g/mol. The number of carbonyl (C=O) groups is 1. The SMILES string of the molecule is CCCNCc1cc(Cl)ccc1OCC(=O)NC(C)CC. The molecule has 4 nitrogen and oxygen atoms in total. The van der Waals surface area contributed by atoms with Crippen molar-refractivity contribution in [3.05, 3.63) is 28.8 Å². The molecule has 0 spiro atoms. The third-order valence-corrected chi connectivity index (χ3v) is 3.38. The van der Waals surface area contributed by atoms with Gasteiger partial charge in [0.05, 0.1) is 0 Å². The zero-order valence-electron chi connectivity index (χ0n) is 13.0. The van der Waals surface area contributed by atoms with E-state index in [0.29, 0.717) is 17.3 Å². The zero-order chi connectivity index (χ0) is 15.7. The summed E-state index contributed by atoms with van der Waals surface area (Å²) in [6, 6.07) is 5.61. The molecule has 1 rings (SSSR count). The maximum Gasteiger partial charge on any atom is 0.258 e. The molecule has 1 amide bonds. The minimum Gasteiger partial charge on any atom is -0.483 e. The van der Waals surface area contributed by atoms with Crippen LogP contribution < -0.4 is 15.4 Å². The number of benzene rings is 1. The first-order valence-corrected chi connectivity index (χ1v) is 7.85. The minimum atomic E-state index is -0.105. The highest BCUT2D eigenvalue weighted by Crippen LogP contribution is 2.22. The van der Waals surface area contributed by atoms with Crippen LogP contribution in [0, 0.1) is 0 Å². The van der Waals surface area contributed by atoms with Gasteiger partial charge in [-0.1, -0.05) is 25.4 Å². The number of amides is 1. The summed E-state index contributed by atoms with van der Waals surface area (Å²) >= 11 is 6.02. The lowest BCUT2D eigenvalue weighted by Gasteiger charge is -2.14. The summed E-state index contributed by atoms with van der Waals surface area (Å²) in [6.45, 7) is 7.74. The van der Waals surface area contributed by atoms with Crippen LogP contribution in [0.2, 0.25) is 5.02 Å². The maximum absolute atomic E-state index is 11.7. The summed E-state index contributed by atoms with van der Waals surface area (Å²) in [4.78, 5) is 11.7. The van der Waals surface area contributed by atoms with Gasteiger partial charge in [0, 0.05) is 23.2 Å². The summed E-state index contributed by atoms with van der Waals surface area (Å²) < 4.78 is 5.62. The van der Waals surface area contributed by atoms with Crippen LogP contribution in [-0.2, 0) is 11.3 Å². The van der Waals surface area contributed by atoms with Crippen molar-refractivity contribution in [1.82, 2.24) is 10.6 Å². The molecule has 0 aliphatic rings. The highest BCUT2D eigenvalue weighted by molar-refractivity contribution is 6.30. The third kappa shape index (κ3) is 6.82. The summed E-state index contributed by atoms with van der Waals surface area (Å²) in [7, 11) is 0. The number of hydrogen-bond donors (Lipinski definition) is 2. The Morgan fingerprint density at radius 3 is 2.81 bits per heavy atom. The van der Waals surface area contributed by atoms with Crippen molar-refractivity contribution in [3.63, 3.8) is 0 Å². The van der Waals surface area contributed by atoms with Crippen molar-refractivity contribution < 1.29 is 9.53 Å². The number of nitrogens with one attached hydrogen (secondary N) is 2. The highest BCUT2D eigenvalue weighted by Gasteiger charge is 2.09. The van der Waals surface area contributed by atoms with E-state index < -0.39 is 0 Å². The Bertz CT molecular complexity index is 452. The summed E-state index contributed by atoms with van der Waals surface area (Å²) in [5, 5.41) is 6.85. The van der Waals surface area contributed by atoms with E-state index in [0.717, 1.165) is 24.9 Å². The van der Waals surface area contributed by atoms with Crippen LogP contribution in [0.1, 0.15) is 39.2 Å². The van der Waals surface area contributed by atoms with Gasteiger partial charge in [0.15, 0.2) is 6.61 Å². The summed E-state index contributed by atoms with van der Waals surface area (Å²) in [5.41, 5.74) is 0.965. The second-order valence-corrected chi connectivity index (χ2v) is 5.53. The summed E-state index contributed by atoms with van der Waals surface area (Å²) in [5.74, 6) is 0.592. The standard InChI is InChI=1S/C16H25ClN2O2/c1-4-8-18-10-13-9-14(17)6-7-15(13)21-11-16(20)19-12(3)5-2/h6-7,9,12,18H,4-5,8,10-11H2,1-3H3,(H,19,20). The van der Waals surface area contributed by atoms with Gasteiger partial charge in [0.1, 0.15) is 5.75 Å². The maximum atomic E-state index is 11.7. The van der Waals surface area contributed by atoms with Crippen LogP contribution >= 0.6 is 11.6 Å². The Morgan fingerprint density at radius 1 is 1.38 bits per heavy atom. The molecule has 0 aliphatic carbocycles. The van der Waals surface area contributed by atoms with E-state index in [-0.39, 0.29) is 18.6 Å². The first-order valence-electron chi connectivity index (χ1n) is 7.48. The Morgan fingerprint density at radius 2 is 2.14 bits per heavy atom. The number of halogens is 1. The topological polar surface area (TPSA) is 50.4 Å². The lowest BCUT2D eigenvalue weighted by molar-refractivity contribution is -0.123. The van der Waals surface area contributed by atoms with Crippen LogP contribution in [0.4, 0.5) is 0 Å². The Kier molecular flexibility index (Phi) is 8.16. The lowest BCUT2D eigenvalue weighted by Crippen LogP contribution is -2.35. The van der Waals surface area contributed by atoms with Crippen LogP contribution in [0.3, 0.4) is 0 Å². The Hall–Kier alpha value is -1.26. The van der Waals surface area contributed by atoms with Crippen LogP contribution in [0.15, 0.2) is 18.2 Å². The molecule has 2 N–H and O–H groups in total. The molecule has 0 radical (unpaired) electrons. The number of rotatable bonds is 9. The van der Waals surface area contributed by atoms with E-state index >= 15 is 0 Å².